The van der Waals surface area contributed by atoms with Crippen LogP contribution in [0, 0.1) is 5.82 Å². The molecule has 0 amide bonds. The maximum absolute atomic E-state index is 12.9. The van der Waals surface area contributed by atoms with Gasteiger partial charge in [-0.1, -0.05) is 11.2 Å². The summed E-state index contributed by atoms with van der Waals surface area (Å²) in [6, 6.07) is 4.64. The van der Waals surface area contributed by atoms with Gasteiger partial charge in [-0.05, 0) is 37.0 Å². The summed E-state index contributed by atoms with van der Waals surface area (Å²) in [5, 5.41) is 11.9. The van der Waals surface area contributed by atoms with Crippen LogP contribution in [0.3, 0.4) is 0 Å². The third-order valence-electron chi connectivity index (χ3n) is 2.36. The first-order valence-corrected chi connectivity index (χ1v) is 4.31. The molecule has 0 aromatic heterocycles. The zero-order valence-electron chi connectivity index (χ0n) is 7.13. The Hall–Kier alpha value is -1.38. The van der Waals surface area contributed by atoms with Crippen molar-refractivity contribution in [3.8, 4) is 0 Å². The van der Waals surface area contributed by atoms with Gasteiger partial charge < -0.3 is 5.21 Å². The number of oxime groups is 1. The van der Waals surface area contributed by atoms with Crippen LogP contribution in [0.2, 0.25) is 0 Å². The van der Waals surface area contributed by atoms with Gasteiger partial charge in [0, 0.05) is 5.56 Å². The highest BCUT2D eigenvalue weighted by Gasteiger charge is 2.16. The van der Waals surface area contributed by atoms with Crippen molar-refractivity contribution in [1.29, 1.82) is 0 Å². The van der Waals surface area contributed by atoms with Crippen LogP contribution in [0.15, 0.2) is 23.4 Å². The molecular formula is C10H10FNO. The number of hydrogen-bond donors (Lipinski definition) is 1. The van der Waals surface area contributed by atoms with Crippen molar-refractivity contribution in [3.63, 3.8) is 0 Å². The summed E-state index contributed by atoms with van der Waals surface area (Å²) >= 11 is 0. The second-order valence-electron chi connectivity index (χ2n) is 3.20. The van der Waals surface area contributed by atoms with Crippen LogP contribution in [-0.4, -0.2) is 10.9 Å². The highest BCUT2D eigenvalue weighted by Crippen LogP contribution is 2.22. The van der Waals surface area contributed by atoms with E-state index in [9.17, 15) is 4.39 Å². The molecule has 1 aromatic carbocycles. The number of fused-ring (bicyclic) bond motifs is 1. The molecule has 0 heterocycles. The number of rotatable bonds is 0. The molecule has 68 valence electrons. The first kappa shape index (κ1) is 8.23. The molecule has 1 aliphatic rings. The Morgan fingerprint density at radius 2 is 2.15 bits per heavy atom. The van der Waals surface area contributed by atoms with Crippen LogP contribution < -0.4 is 0 Å². The molecule has 13 heavy (non-hydrogen) atoms. The minimum atomic E-state index is -0.276. The van der Waals surface area contributed by atoms with E-state index in [0.29, 0.717) is 5.71 Å². The van der Waals surface area contributed by atoms with Gasteiger partial charge in [-0.2, -0.15) is 0 Å². The van der Waals surface area contributed by atoms with E-state index in [-0.39, 0.29) is 5.82 Å². The quantitative estimate of drug-likeness (QED) is 0.481. The lowest BCUT2D eigenvalue weighted by molar-refractivity contribution is 0.317. The topological polar surface area (TPSA) is 32.6 Å². The first-order valence-electron chi connectivity index (χ1n) is 4.31. The van der Waals surface area contributed by atoms with E-state index in [1.807, 2.05) is 0 Å². The molecule has 1 aliphatic carbocycles. The second-order valence-corrected chi connectivity index (χ2v) is 3.20. The van der Waals surface area contributed by atoms with E-state index < -0.39 is 0 Å². The van der Waals surface area contributed by atoms with E-state index >= 15 is 0 Å². The van der Waals surface area contributed by atoms with Gasteiger partial charge in [0.15, 0.2) is 0 Å². The molecule has 3 heteroatoms. The van der Waals surface area contributed by atoms with Gasteiger partial charge in [0.05, 0.1) is 5.71 Å². The van der Waals surface area contributed by atoms with E-state index in [0.717, 1.165) is 30.4 Å². The summed E-state index contributed by atoms with van der Waals surface area (Å²) < 4.78 is 12.9. The maximum atomic E-state index is 12.9. The Bertz CT molecular complexity index is 360. The van der Waals surface area contributed by atoms with E-state index in [1.165, 1.54) is 12.1 Å². The molecular weight excluding hydrogens is 169 g/mol. The fraction of sp³-hybridized carbons (Fsp3) is 0.300. The maximum Gasteiger partial charge on any atom is 0.123 e. The summed E-state index contributed by atoms with van der Waals surface area (Å²) in [7, 11) is 0. The van der Waals surface area contributed by atoms with Crippen LogP contribution in [0.25, 0.3) is 0 Å². The van der Waals surface area contributed by atoms with Crippen LogP contribution in [0.1, 0.15) is 24.0 Å². The Balaban J connectivity index is 2.54. The summed E-state index contributed by atoms with van der Waals surface area (Å²) in [6.07, 6.45) is 2.64. The highest BCUT2D eigenvalue weighted by molar-refractivity contribution is 6.02. The standard InChI is InChI=1S/C10H10FNO/c11-8-5-4-7-2-1-3-10(12-13)9(7)6-8/h4-6,13H,1-3H2/b12-10-. The van der Waals surface area contributed by atoms with Gasteiger partial charge in [-0.25, -0.2) is 4.39 Å². The van der Waals surface area contributed by atoms with Crippen LogP contribution in [-0.2, 0) is 6.42 Å². The molecule has 0 radical (unpaired) electrons. The smallest absolute Gasteiger partial charge is 0.123 e. The SMILES string of the molecule is O/N=C1/CCCc2ccc(F)cc21. The van der Waals surface area contributed by atoms with Gasteiger partial charge in [-0.3, -0.25) is 0 Å². The van der Waals surface area contributed by atoms with Gasteiger partial charge in [0.25, 0.3) is 0 Å². The Morgan fingerprint density at radius 1 is 1.31 bits per heavy atom. The van der Waals surface area contributed by atoms with E-state index in [1.54, 1.807) is 6.07 Å². The molecule has 0 spiro atoms. The molecule has 0 unspecified atom stereocenters. The average molecular weight is 179 g/mol. The Kier molecular flexibility index (Phi) is 2.00. The zero-order valence-corrected chi connectivity index (χ0v) is 7.13. The first-order chi connectivity index (χ1) is 6.31. The lowest BCUT2D eigenvalue weighted by Gasteiger charge is -2.16. The number of hydrogen-bond acceptors (Lipinski definition) is 2. The molecule has 0 saturated heterocycles. The van der Waals surface area contributed by atoms with Crippen molar-refractivity contribution in [1.82, 2.24) is 0 Å². The van der Waals surface area contributed by atoms with Gasteiger partial charge in [-0.15, -0.1) is 0 Å². The van der Waals surface area contributed by atoms with Crippen LogP contribution >= 0.6 is 0 Å². The molecule has 1 N–H and O–H groups in total. The number of nitrogens with zero attached hydrogens (tertiary/aromatic N) is 1. The van der Waals surface area contributed by atoms with Crippen molar-refractivity contribution in [2.24, 2.45) is 5.16 Å². The number of aryl methyl sites for hydroxylation is 1. The fourth-order valence-electron chi connectivity index (χ4n) is 1.72. The summed E-state index contributed by atoms with van der Waals surface area (Å²) in [5.74, 6) is -0.276. The van der Waals surface area contributed by atoms with Gasteiger partial charge >= 0.3 is 0 Å². The molecule has 2 rings (SSSR count). The lowest BCUT2D eigenvalue weighted by atomic mass is 9.90. The summed E-state index contributed by atoms with van der Waals surface area (Å²) in [6.45, 7) is 0. The number of benzene rings is 1. The van der Waals surface area contributed by atoms with Gasteiger partial charge in [0.1, 0.15) is 5.82 Å². The van der Waals surface area contributed by atoms with E-state index in [4.69, 9.17) is 5.21 Å². The van der Waals surface area contributed by atoms with Crippen LogP contribution in [0.4, 0.5) is 4.39 Å². The normalized spacial score (nSPS) is 18.7. The minimum Gasteiger partial charge on any atom is -0.411 e. The minimum absolute atomic E-state index is 0.276. The molecule has 0 saturated carbocycles. The number of halogens is 1. The monoisotopic (exact) mass is 179 g/mol. The Labute approximate surface area is 75.7 Å². The van der Waals surface area contributed by atoms with Crippen molar-refractivity contribution in [3.05, 3.63) is 35.1 Å². The molecule has 0 atom stereocenters. The predicted octanol–water partition coefficient (Wildman–Crippen LogP) is 2.34. The molecule has 1 aromatic rings. The van der Waals surface area contributed by atoms with Gasteiger partial charge in [0.2, 0.25) is 0 Å². The van der Waals surface area contributed by atoms with Crippen molar-refractivity contribution in [2.75, 3.05) is 0 Å². The molecule has 0 fully saturated rings. The van der Waals surface area contributed by atoms with Crippen molar-refractivity contribution < 1.29 is 9.60 Å². The largest absolute Gasteiger partial charge is 0.411 e. The molecule has 0 bridgehead atoms. The van der Waals surface area contributed by atoms with Crippen molar-refractivity contribution in [2.45, 2.75) is 19.3 Å². The van der Waals surface area contributed by atoms with Crippen LogP contribution in [0.5, 0.6) is 0 Å². The second kappa shape index (κ2) is 3.17. The summed E-state index contributed by atoms with van der Waals surface area (Å²) in [5.41, 5.74) is 2.43. The summed E-state index contributed by atoms with van der Waals surface area (Å²) in [4.78, 5) is 0. The highest BCUT2D eigenvalue weighted by atomic mass is 19.1. The van der Waals surface area contributed by atoms with E-state index in [2.05, 4.69) is 5.16 Å². The average Bonchev–Trinajstić information content (AvgIpc) is 2.17. The zero-order chi connectivity index (χ0) is 9.26. The third kappa shape index (κ3) is 1.41. The Morgan fingerprint density at radius 3 is 2.92 bits per heavy atom. The van der Waals surface area contributed by atoms with Crippen molar-refractivity contribution >= 4 is 5.71 Å². The molecule has 0 aliphatic heterocycles. The third-order valence-corrected chi connectivity index (χ3v) is 2.36. The lowest BCUT2D eigenvalue weighted by Crippen LogP contribution is -2.12. The molecule has 2 nitrogen and oxygen atoms in total. The predicted molar refractivity (Wildman–Crippen MR) is 47.7 cm³/mol. The fourth-order valence-corrected chi connectivity index (χ4v) is 1.72.